The van der Waals surface area contributed by atoms with E-state index in [0.717, 1.165) is 0 Å². The lowest BCUT2D eigenvalue weighted by molar-refractivity contribution is 0.0128. The number of carbonyl (C=O) groups excluding carboxylic acids is 1. The number of nitrogens with zero attached hydrogens (tertiary/aromatic N) is 1. The van der Waals surface area contributed by atoms with Crippen LogP contribution in [-0.2, 0) is 4.74 Å². The first kappa shape index (κ1) is 16.7. The van der Waals surface area contributed by atoms with E-state index in [2.05, 4.69) is 10.3 Å². The third kappa shape index (κ3) is 5.73. The predicted octanol–water partition coefficient (Wildman–Crippen LogP) is 1.65. The zero-order valence-electron chi connectivity index (χ0n) is 11.6. The van der Waals surface area contributed by atoms with Gasteiger partial charge in [-0.3, -0.25) is 0 Å². The number of pyridine rings is 1. The molecular weight excluding hydrogens is 284 g/mol. The third-order valence-electron chi connectivity index (χ3n) is 2.31. The number of aliphatic hydroxyl groups is 2. The molecule has 0 fully saturated rings. The highest BCUT2D eigenvalue weighted by molar-refractivity contribution is 6.29. The number of nitrogens with one attached hydrogen (secondary N) is 1. The predicted molar refractivity (Wildman–Crippen MR) is 74.5 cm³/mol. The number of carbonyl (C=O) groups is 1. The van der Waals surface area contributed by atoms with Crippen molar-refractivity contribution in [3.05, 3.63) is 29.0 Å². The van der Waals surface area contributed by atoms with E-state index in [1.807, 2.05) is 0 Å². The van der Waals surface area contributed by atoms with Gasteiger partial charge >= 0.3 is 6.09 Å². The number of amides is 1. The second kappa shape index (κ2) is 6.88. The Morgan fingerprint density at radius 1 is 1.45 bits per heavy atom. The van der Waals surface area contributed by atoms with Crippen molar-refractivity contribution >= 4 is 17.7 Å². The molecule has 2 unspecified atom stereocenters. The van der Waals surface area contributed by atoms with Gasteiger partial charge in [0, 0.05) is 18.3 Å². The maximum Gasteiger partial charge on any atom is 0.407 e. The van der Waals surface area contributed by atoms with Crippen molar-refractivity contribution in [2.45, 2.75) is 38.6 Å². The fourth-order valence-electron chi connectivity index (χ4n) is 1.40. The second-order valence-corrected chi connectivity index (χ2v) is 5.70. The summed E-state index contributed by atoms with van der Waals surface area (Å²) < 4.78 is 5.02. The van der Waals surface area contributed by atoms with Crippen LogP contribution in [0.3, 0.4) is 0 Å². The van der Waals surface area contributed by atoms with Gasteiger partial charge in [0.25, 0.3) is 0 Å². The van der Waals surface area contributed by atoms with E-state index >= 15 is 0 Å². The lowest BCUT2D eigenvalue weighted by Gasteiger charge is -2.22. The average molecular weight is 303 g/mol. The largest absolute Gasteiger partial charge is 0.444 e. The van der Waals surface area contributed by atoms with Crippen LogP contribution in [0.15, 0.2) is 18.3 Å². The number of hydrogen-bond acceptors (Lipinski definition) is 5. The molecule has 7 heteroatoms. The van der Waals surface area contributed by atoms with Crippen LogP contribution in [0.2, 0.25) is 5.15 Å². The summed E-state index contributed by atoms with van der Waals surface area (Å²) in [4.78, 5) is 15.2. The zero-order chi connectivity index (χ0) is 15.3. The van der Waals surface area contributed by atoms with Crippen LogP contribution >= 0.6 is 11.6 Å². The van der Waals surface area contributed by atoms with E-state index < -0.39 is 23.9 Å². The van der Waals surface area contributed by atoms with Gasteiger partial charge in [-0.25, -0.2) is 9.78 Å². The maximum atomic E-state index is 11.4. The monoisotopic (exact) mass is 302 g/mol. The molecule has 0 aliphatic carbocycles. The Morgan fingerprint density at radius 2 is 2.10 bits per heavy atom. The zero-order valence-corrected chi connectivity index (χ0v) is 12.4. The molecule has 0 saturated carbocycles. The molecule has 6 nitrogen and oxygen atoms in total. The summed E-state index contributed by atoms with van der Waals surface area (Å²) in [5.41, 5.74) is -0.207. The minimum Gasteiger partial charge on any atom is -0.444 e. The third-order valence-corrected chi connectivity index (χ3v) is 2.53. The van der Waals surface area contributed by atoms with Crippen LogP contribution in [-0.4, -0.2) is 39.5 Å². The first-order valence-corrected chi connectivity index (χ1v) is 6.51. The fraction of sp³-hybridized carbons (Fsp3) is 0.538. The summed E-state index contributed by atoms with van der Waals surface area (Å²) in [6.07, 6.45) is -1.64. The first-order chi connectivity index (χ1) is 9.19. The van der Waals surface area contributed by atoms with Crippen molar-refractivity contribution in [3.8, 4) is 0 Å². The van der Waals surface area contributed by atoms with Gasteiger partial charge in [0.15, 0.2) is 0 Å². The average Bonchev–Trinajstić information content (AvgIpc) is 2.34. The number of alkyl carbamates (subject to hydrolysis) is 1. The smallest absolute Gasteiger partial charge is 0.407 e. The van der Waals surface area contributed by atoms with Crippen molar-refractivity contribution in [3.63, 3.8) is 0 Å². The van der Waals surface area contributed by atoms with Gasteiger partial charge in [-0.1, -0.05) is 17.7 Å². The molecule has 20 heavy (non-hydrogen) atoms. The summed E-state index contributed by atoms with van der Waals surface area (Å²) in [6.45, 7) is 5.06. The SMILES string of the molecule is CC(C)(C)OC(=O)NCC(O)C(O)c1ccc(Cl)nc1. The van der Waals surface area contributed by atoms with Crippen molar-refractivity contribution in [1.82, 2.24) is 10.3 Å². The summed E-state index contributed by atoms with van der Waals surface area (Å²) in [6, 6.07) is 3.06. The van der Waals surface area contributed by atoms with Gasteiger partial charge in [-0.05, 0) is 26.8 Å². The lowest BCUT2D eigenvalue weighted by Crippen LogP contribution is -2.38. The number of aromatic nitrogens is 1. The molecule has 0 saturated heterocycles. The van der Waals surface area contributed by atoms with E-state index in [9.17, 15) is 15.0 Å². The standard InChI is InChI=1S/C13H19ClN2O4/c1-13(2,3)20-12(19)16-7-9(17)11(18)8-4-5-10(14)15-6-8/h4-6,9,11,17-18H,7H2,1-3H3,(H,16,19). The van der Waals surface area contributed by atoms with E-state index in [4.69, 9.17) is 16.3 Å². The van der Waals surface area contributed by atoms with E-state index in [1.165, 1.54) is 12.3 Å². The molecule has 112 valence electrons. The van der Waals surface area contributed by atoms with Crippen molar-refractivity contribution in [1.29, 1.82) is 0 Å². The van der Waals surface area contributed by atoms with Gasteiger partial charge in [-0.15, -0.1) is 0 Å². The molecule has 1 aromatic heterocycles. The quantitative estimate of drug-likeness (QED) is 0.736. The molecule has 1 amide bonds. The fourth-order valence-corrected chi connectivity index (χ4v) is 1.51. The molecule has 0 radical (unpaired) electrons. The molecule has 0 bridgehead atoms. The number of rotatable bonds is 4. The number of halogens is 1. The van der Waals surface area contributed by atoms with Crippen molar-refractivity contribution in [2.75, 3.05) is 6.54 Å². The Morgan fingerprint density at radius 3 is 2.60 bits per heavy atom. The summed E-state index contributed by atoms with van der Waals surface area (Å²) in [5, 5.41) is 22.4. The summed E-state index contributed by atoms with van der Waals surface area (Å²) in [5.74, 6) is 0. The summed E-state index contributed by atoms with van der Waals surface area (Å²) >= 11 is 5.63. The minimum atomic E-state index is -1.18. The van der Waals surface area contributed by atoms with Gasteiger partial charge in [0.1, 0.15) is 23.0 Å². The first-order valence-electron chi connectivity index (χ1n) is 6.13. The Kier molecular flexibility index (Phi) is 5.74. The molecule has 0 aliphatic rings. The molecule has 0 aromatic carbocycles. The normalized spacial score (nSPS) is 14.5. The Bertz CT molecular complexity index is 445. The van der Waals surface area contributed by atoms with Crippen LogP contribution in [0.25, 0.3) is 0 Å². The highest BCUT2D eigenvalue weighted by Crippen LogP contribution is 2.17. The molecule has 1 rings (SSSR count). The van der Waals surface area contributed by atoms with Crippen LogP contribution in [0.1, 0.15) is 32.4 Å². The topological polar surface area (TPSA) is 91.7 Å². The molecule has 3 N–H and O–H groups in total. The molecule has 0 aliphatic heterocycles. The van der Waals surface area contributed by atoms with Gasteiger partial charge in [-0.2, -0.15) is 0 Å². The van der Waals surface area contributed by atoms with Gasteiger partial charge < -0.3 is 20.3 Å². The Hall–Kier alpha value is -1.37. The van der Waals surface area contributed by atoms with Gasteiger partial charge in [0.05, 0.1) is 0 Å². The van der Waals surface area contributed by atoms with Crippen molar-refractivity contribution < 1.29 is 19.7 Å². The molecule has 0 spiro atoms. The summed E-state index contributed by atoms with van der Waals surface area (Å²) in [7, 11) is 0. The van der Waals surface area contributed by atoms with Crippen molar-refractivity contribution in [2.24, 2.45) is 0 Å². The van der Waals surface area contributed by atoms with Gasteiger partial charge in [0.2, 0.25) is 0 Å². The molecular formula is C13H19ClN2O4. The maximum absolute atomic E-state index is 11.4. The van der Waals surface area contributed by atoms with Crippen LogP contribution in [0.4, 0.5) is 4.79 Å². The highest BCUT2D eigenvalue weighted by Gasteiger charge is 2.21. The Balaban J connectivity index is 2.48. The lowest BCUT2D eigenvalue weighted by atomic mass is 10.1. The van der Waals surface area contributed by atoms with E-state index in [1.54, 1.807) is 26.8 Å². The molecule has 2 atom stereocenters. The number of aliphatic hydroxyl groups excluding tert-OH is 2. The van der Waals surface area contributed by atoms with Crippen LogP contribution < -0.4 is 5.32 Å². The minimum absolute atomic E-state index is 0.140. The molecule has 1 aromatic rings. The van der Waals surface area contributed by atoms with Crippen LogP contribution in [0, 0.1) is 0 Å². The van der Waals surface area contributed by atoms with E-state index in [0.29, 0.717) is 10.7 Å². The Labute approximate surface area is 122 Å². The van der Waals surface area contributed by atoms with E-state index in [-0.39, 0.29) is 6.54 Å². The van der Waals surface area contributed by atoms with Crippen LogP contribution in [0.5, 0.6) is 0 Å². The second-order valence-electron chi connectivity index (χ2n) is 5.31. The number of hydrogen-bond donors (Lipinski definition) is 3. The molecule has 1 heterocycles. The highest BCUT2D eigenvalue weighted by atomic mass is 35.5. The number of ether oxygens (including phenoxy) is 1.